The number of halogens is 4. The Bertz CT molecular complexity index is 647. The second-order valence-electron chi connectivity index (χ2n) is 4.38. The zero-order valence-electron chi connectivity index (χ0n) is 10.6. The van der Waals surface area contributed by atoms with Crippen LogP contribution in [-0.2, 0) is 6.54 Å². The third-order valence-corrected chi connectivity index (χ3v) is 4.04. The molecule has 0 fully saturated rings. The number of nitrogens with zero attached hydrogens (tertiary/aromatic N) is 1. The Morgan fingerprint density at radius 2 is 1.85 bits per heavy atom. The topological polar surface area (TPSA) is 29.3 Å². The predicted octanol–water partition coefficient (Wildman–Crippen LogP) is 4.71. The first-order valence-corrected chi connectivity index (χ1v) is 7.37. The summed E-state index contributed by atoms with van der Waals surface area (Å²) in [6.07, 6.45) is 0. The van der Waals surface area contributed by atoms with Gasteiger partial charge in [-0.15, -0.1) is 0 Å². The molecule has 0 bridgehead atoms. The number of nitrogen functional groups attached to an aromatic ring is 1. The summed E-state index contributed by atoms with van der Waals surface area (Å²) in [5.41, 5.74) is 7.17. The van der Waals surface area contributed by atoms with Crippen LogP contribution in [0, 0.1) is 11.6 Å². The van der Waals surface area contributed by atoms with Crippen molar-refractivity contribution in [3.63, 3.8) is 0 Å². The van der Waals surface area contributed by atoms with Gasteiger partial charge in [0.15, 0.2) is 0 Å². The van der Waals surface area contributed by atoms with Crippen molar-refractivity contribution in [1.29, 1.82) is 0 Å². The van der Waals surface area contributed by atoms with Gasteiger partial charge < -0.3 is 10.6 Å². The fraction of sp³-hybridized carbons (Fsp3) is 0.143. The van der Waals surface area contributed by atoms with E-state index in [1.54, 1.807) is 24.1 Å². The first kappa shape index (κ1) is 15.3. The molecule has 2 rings (SSSR count). The highest BCUT2D eigenvalue weighted by Crippen LogP contribution is 2.29. The molecule has 2 aromatic carbocycles. The van der Waals surface area contributed by atoms with Crippen LogP contribution in [0.15, 0.2) is 39.3 Å². The standard InChI is InChI=1S/C14H12Br2F2N2/c1-20(13-5-2-8(15)6-12(13)19)7-9-11(17)4-3-10(16)14(9)18/h2-6H,7,19H2,1H3. The summed E-state index contributed by atoms with van der Waals surface area (Å²) in [6, 6.07) is 7.96. The van der Waals surface area contributed by atoms with Gasteiger partial charge in [-0.1, -0.05) is 15.9 Å². The molecule has 0 radical (unpaired) electrons. The van der Waals surface area contributed by atoms with Crippen molar-refractivity contribution in [3.8, 4) is 0 Å². The van der Waals surface area contributed by atoms with Gasteiger partial charge in [0.05, 0.1) is 15.8 Å². The van der Waals surface area contributed by atoms with E-state index in [0.29, 0.717) is 11.4 Å². The Hall–Kier alpha value is -1.14. The highest BCUT2D eigenvalue weighted by molar-refractivity contribution is 9.10. The van der Waals surface area contributed by atoms with Crippen molar-refractivity contribution in [2.24, 2.45) is 0 Å². The number of hydrogen-bond donors (Lipinski definition) is 1. The van der Waals surface area contributed by atoms with Gasteiger partial charge in [0.2, 0.25) is 0 Å². The molecule has 0 aliphatic carbocycles. The maximum absolute atomic E-state index is 14.0. The van der Waals surface area contributed by atoms with E-state index in [1.807, 2.05) is 6.07 Å². The predicted molar refractivity (Wildman–Crippen MR) is 84.7 cm³/mol. The lowest BCUT2D eigenvalue weighted by Crippen LogP contribution is -2.19. The Balaban J connectivity index is 2.32. The van der Waals surface area contributed by atoms with Gasteiger partial charge in [0.25, 0.3) is 0 Å². The Labute approximate surface area is 132 Å². The third-order valence-electron chi connectivity index (χ3n) is 2.94. The number of rotatable bonds is 3. The summed E-state index contributed by atoms with van der Waals surface area (Å²) in [7, 11) is 1.74. The molecule has 0 saturated heterocycles. The fourth-order valence-electron chi connectivity index (χ4n) is 1.91. The summed E-state index contributed by atoms with van der Waals surface area (Å²) < 4.78 is 28.8. The van der Waals surface area contributed by atoms with Crippen molar-refractivity contribution in [2.45, 2.75) is 6.54 Å². The zero-order chi connectivity index (χ0) is 14.9. The lowest BCUT2D eigenvalue weighted by atomic mass is 10.1. The molecule has 20 heavy (non-hydrogen) atoms. The van der Waals surface area contributed by atoms with Crippen LogP contribution < -0.4 is 10.6 Å². The van der Waals surface area contributed by atoms with Gasteiger partial charge in [-0.05, 0) is 46.3 Å². The minimum Gasteiger partial charge on any atom is -0.397 e. The molecule has 0 unspecified atom stereocenters. The Kier molecular flexibility index (Phi) is 4.65. The van der Waals surface area contributed by atoms with Crippen LogP contribution in [0.2, 0.25) is 0 Å². The number of hydrogen-bond acceptors (Lipinski definition) is 2. The average molecular weight is 406 g/mol. The normalized spacial score (nSPS) is 10.7. The van der Waals surface area contributed by atoms with Crippen molar-refractivity contribution < 1.29 is 8.78 Å². The molecular weight excluding hydrogens is 394 g/mol. The van der Waals surface area contributed by atoms with Gasteiger partial charge in [0, 0.05) is 23.6 Å². The molecule has 0 spiro atoms. The summed E-state index contributed by atoms with van der Waals surface area (Å²) in [5, 5.41) is 0. The van der Waals surface area contributed by atoms with E-state index >= 15 is 0 Å². The second-order valence-corrected chi connectivity index (χ2v) is 6.15. The highest BCUT2D eigenvalue weighted by Gasteiger charge is 2.15. The van der Waals surface area contributed by atoms with E-state index in [9.17, 15) is 8.78 Å². The Morgan fingerprint density at radius 1 is 1.15 bits per heavy atom. The first-order valence-electron chi connectivity index (χ1n) is 5.78. The number of anilines is 2. The van der Waals surface area contributed by atoms with Crippen LogP contribution in [0.25, 0.3) is 0 Å². The Morgan fingerprint density at radius 3 is 2.50 bits per heavy atom. The van der Waals surface area contributed by atoms with Crippen molar-refractivity contribution >= 4 is 43.2 Å². The molecule has 0 saturated carbocycles. The molecule has 0 aliphatic rings. The molecule has 0 aliphatic heterocycles. The number of benzene rings is 2. The van der Waals surface area contributed by atoms with E-state index in [1.165, 1.54) is 12.1 Å². The van der Waals surface area contributed by atoms with E-state index in [4.69, 9.17) is 5.73 Å². The number of nitrogens with two attached hydrogens (primary N) is 1. The maximum atomic E-state index is 14.0. The van der Waals surface area contributed by atoms with Gasteiger partial charge in [-0.25, -0.2) is 8.78 Å². The SMILES string of the molecule is CN(Cc1c(F)ccc(Br)c1F)c1ccc(Br)cc1N. The van der Waals surface area contributed by atoms with Crippen LogP contribution in [0.1, 0.15) is 5.56 Å². The van der Waals surface area contributed by atoms with E-state index < -0.39 is 11.6 Å². The molecular formula is C14H12Br2F2N2. The largest absolute Gasteiger partial charge is 0.397 e. The van der Waals surface area contributed by atoms with E-state index in [2.05, 4.69) is 31.9 Å². The maximum Gasteiger partial charge on any atom is 0.145 e. The minimum atomic E-state index is -0.590. The molecule has 2 aromatic rings. The molecule has 6 heteroatoms. The first-order chi connectivity index (χ1) is 9.40. The highest BCUT2D eigenvalue weighted by atomic mass is 79.9. The molecule has 2 N–H and O–H groups in total. The van der Waals surface area contributed by atoms with E-state index in [-0.39, 0.29) is 16.6 Å². The van der Waals surface area contributed by atoms with E-state index in [0.717, 1.165) is 4.47 Å². The van der Waals surface area contributed by atoms with Crippen LogP contribution in [-0.4, -0.2) is 7.05 Å². The van der Waals surface area contributed by atoms with Gasteiger partial charge >= 0.3 is 0 Å². The molecule has 0 aromatic heterocycles. The zero-order valence-corrected chi connectivity index (χ0v) is 13.8. The fourth-order valence-corrected chi connectivity index (χ4v) is 2.66. The molecule has 0 heterocycles. The second kappa shape index (κ2) is 6.10. The van der Waals surface area contributed by atoms with Gasteiger partial charge in [-0.3, -0.25) is 0 Å². The minimum absolute atomic E-state index is 0.00388. The van der Waals surface area contributed by atoms with Crippen molar-refractivity contribution in [1.82, 2.24) is 0 Å². The van der Waals surface area contributed by atoms with Gasteiger partial charge in [0.1, 0.15) is 11.6 Å². The quantitative estimate of drug-likeness (QED) is 0.591. The monoisotopic (exact) mass is 404 g/mol. The van der Waals surface area contributed by atoms with Crippen LogP contribution in [0.3, 0.4) is 0 Å². The van der Waals surface area contributed by atoms with Crippen LogP contribution in [0.4, 0.5) is 20.2 Å². The summed E-state index contributed by atoms with van der Waals surface area (Å²) in [5.74, 6) is -1.17. The van der Waals surface area contributed by atoms with Crippen LogP contribution in [0.5, 0.6) is 0 Å². The third kappa shape index (κ3) is 3.12. The average Bonchev–Trinajstić information content (AvgIpc) is 2.39. The van der Waals surface area contributed by atoms with Crippen LogP contribution >= 0.6 is 31.9 Å². The smallest absolute Gasteiger partial charge is 0.145 e. The molecule has 106 valence electrons. The molecule has 0 amide bonds. The van der Waals surface area contributed by atoms with Gasteiger partial charge in [-0.2, -0.15) is 0 Å². The van der Waals surface area contributed by atoms with Crippen molar-refractivity contribution in [2.75, 3.05) is 17.7 Å². The lowest BCUT2D eigenvalue weighted by molar-refractivity contribution is 0.549. The summed E-state index contributed by atoms with van der Waals surface area (Å²) >= 11 is 6.38. The summed E-state index contributed by atoms with van der Waals surface area (Å²) in [4.78, 5) is 1.70. The summed E-state index contributed by atoms with van der Waals surface area (Å²) in [6.45, 7) is 0.0862. The molecule has 2 nitrogen and oxygen atoms in total. The lowest BCUT2D eigenvalue weighted by Gasteiger charge is -2.22. The molecule has 0 atom stereocenters. The van der Waals surface area contributed by atoms with Crippen molar-refractivity contribution in [3.05, 3.63) is 56.5 Å².